The molecule has 0 spiro atoms. The van der Waals surface area contributed by atoms with E-state index >= 15 is 0 Å². The molecular formula is C14H28N2O. The molecular weight excluding hydrogens is 212 g/mol. The molecule has 1 aliphatic rings. The van der Waals surface area contributed by atoms with Gasteiger partial charge >= 0.3 is 0 Å². The summed E-state index contributed by atoms with van der Waals surface area (Å²) in [6, 6.07) is 0.216. The van der Waals surface area contributed by atoms with Crippen molar-refractivity contribution in [2.75, 3.05) is 13.1 Å². The molecule has 1 rings (SSSR count). The minimum atomic E-state index is 0.216. The highest BCUT2D eigenvalue weighted by Crippen LogP contribution is 2.12. The van der Waals surface area contributed by atoms with Crippen LogP contribution >= 0.6 is 0 Å². The molecule has 0 aromatic carbocycles. The first kappa shape index (κ1) is 14.5. The van der Waals surface area contributed by atoms with Gasteiger partial charge in [-0.1, -0.05) is 45.4 Å². The van der Waals surface area contributed by atoms with Gasteiger partial charge in [0.2, 0.25) is 5.91 Å². The molecule has 2 N–H and O–H groups in total. The van der Waals surface area contributed by atoms with E-state index in [0.717, 1.165) is 32.4 Å². The minimum absolute atomic E-state index is 0.216. The maximum absolute atomic E-state index is 11.8. The van der Waals surface area contributed by atoms with Crippen molar-refractivity contribution in [2.24, 2.45) is 5.73 Å². The molecule has 0 bridgehead atoms. The fraction of sp³-hybridized carbons (Fsp3) is 0.929. The van der Waals surface area contributed by atoms with Gasteiger partial charge < -0.3 is 10.6 Å². The highest BCUT2D eigenvalue weighted by molar-refractivity contribution is 5.76. The van der Waals surface area contributed by atoms with E-state index in [2.05, 4.69) is 6.92 Å². The van der Waals surface area contributed by atoms with E-state index in [0.29, 0.717) is 5.91 Å². The Morgan fingerprint density at radius 2 is 1.82 bits per heavy atom. The molecule has 1 atom stereocenters. The third kappa shape index (κ3) is 6.06. The van der Waals surface area contributed by atoms with Crippen LogP contribution < -0.4 is 5.73 Å². The highest BCUT2D eigenvalue weighted by Gasteiger charge is 2.22. The van der Waals surface area contributed by atoms with E-state index in [1.165, 1.54) is 38.5 Å². The number of nitrogens with two attached hydrogens (primary N) is 1. The monoisotopic (exact) mass is 240 g/mol. The van der Waals surface area contributed by atoms with E-state index < -0.39 is 0 Å². The van der Waals surface area contributed by atoms with Crippen LogP contribution in [0.1, 0.15) is 64.7 Å². The van der Waals surface area contributed by atoms with Gasteiger partial charge in [0.05, 0.1) is 0 Å². The van der Waals surface area contributed by atoms with Gasteiger partial charge in [-0.15, -0.1) is 0 Å². The van der Waals surface area contributed by atoms with Crippen molar-refractivity contribution in [3.05, 3.63) is 0 Å². The SMILES string of the molecule is CCCCCCCCCC(=O)N1CC[C@@H](N)C1. The molecule has 1 aliphatic heterocycles. The number of rotatable bonds is 8. The molecule has 1 fully saturated rings. The van der Waals surface area contributed by atoms with Gasteiger partial charge in [-0.3, -0.25) is 4.79 Å². The van der Waals surface area contributed by atoms with Gasteiger partial charge in [0.1, 0.15) is 0 Å². The summed E-state index contributed by atoms with van der Waals surface area (Å²) in [6.45, 7) is 3.88. The lowest BCUT2D eigenvalue weighted by Gasteiger charge is -2.15. The second-order valence-electron chi connectivity index (χ2n) is 5.26. The summed E-state index contributed by atoms with van der Waals surface area (Å²) in [7, 11) is 0. The molecule has 0 aliphatic carbocycles. The lowest BCUT2D eigenvalue weighted by Crippen LogP contribution is -2.31. The number of amides is 1. The summed E-state index contributed by atoms with van der Waals surface area (Å²) in [5.74, 6) is 0.312. The van der Waals surface area contributed by atoms with Gasteiger partial charge in [0.25, 0.3) is 0 Å². The van der Waals surface area contributed by atoms with Crippen LogP contribution in [-0.4, -0.2) is 29.9 Å². The second kappa shape index (κ2) is 8.51. The Labute approximate surface area is 106 Å². The highest BCUT2D eigenvalue weighted by atomic mass is 16.2. The summed E-state index contributed by atoms with van der Waals surface area (Å²) in [5, 5.41) is 0. The van der Waals surface area contributed by atoms with Crippen LogP contribution in [0.3, 0.4) is 0 Å². The largest absolute Gasteiger partial charge is 0.341 e. The molecule has 0 aromatic heterocycles. The van der Waals surface area contributed by atoms with Crippen LogP contribution in [0.25, 0.3) is 0 Å². The summed E-state index contributed by atoms with van der Waals surface area (Å²) in [5.41, 5.74) is 5.79. The standard InChI is InChI=1S/C14H28N2O/c1-2-3-4-5-6-7-8-9-14(17)16-11-10-13(15)12-16/h13H,2-12,15H2,1H3/t13-/m1/s1. The molecule has 0 saturated carbocycles. The summed E-state index contributed by atoms with van der Waals surface area (Å²) >= 11 is 0. The van der Waals surface area contributed by atoms with Gasteiger partial charge in [-0.05, 0) is 12.8 Å². The van der Waals surface area contributed by atoms with Crippen molar-refractivity contribution in [2.45, 2.75) is 70.8 Å². The zero-order chi connectivity index (χ0) is 12.5. The first-order valence-electron chi connectivity index (χ1n) is 7.27. The van der Waals surface area contributed by atoms with E-state index in [-0.39, 0.29) is 6.04 Å². The Kier molecular flexibility index (Phi) is 7.25. The predicted octanol–water partition coefficient (Wildman–Crippen LogP) is 2.69. The van der Waals surface area contributed by atoms with Gasteiger partial charge in [0.15, 0.2) is 0 Å². The third-order valence-corrected chi connectivity index (χ3v) is 3.57. The van der Waals surface area contributed by atoms with Gasteiger partial charge in [-0.25, -0.2) is 0 Å². The van der Waals surface area contributed by atoms with Gasteiger partial charge in [0, 0.05) is 25.6 Å². The molecule has 1 saturated heterocycles. The Morgan fingerprint density at radius 1 is 1.18 bits per heavy atom. The minimum Gasteiger partial charge on any atom is -0.341 e. The number of hydrogen-bond donors (Lipinski definition) is 1. The van der Waals surface area contributed by atoms with Crippen molar-refractivity contribution in [3.8, 4) is 0 Å². The predicted molar refractivity (Wildman–Crippen MR) is 71.8 cm³/mol. The summed E-state index contributed by atoms with van der Waals surface area (Å²) in [6.07, 6.45) is 10.6. The number of unbranched alkanes of at least 4 members (excludes halogenated alkanes) is 6. The Bertz CT molecular complexity index is 218. The topological polar surface area (TPSA) is 46.3 Å². The average molecular weight is 240 g/mol. The molecule has 1 heterocycles. The summed E-state index contributed by atoms with van der Waals surface area (Å²) < 4.78 is 0. The van der Waals surface area contributed by atoms with E-state index in [1.54, 1.807) is 0 Å². The van der Waals surface area contributed by atoms with Crippen molar-refractivity contribution in [1.29, 1.82) is 0 Å². The van der Waals surface area contributed by atoms with E-state index in [4.69, 9.17) is 5.73 Å². The zero-order valence-electron chi connectivity index (χ0n) is 11.3. The third-order valence-electron chi connectivity index (χ3n) is 3.57. The maximum Gasteiger partial charge on any atom is 0.222 e. The van der Waals surface area contributed by atoms with E-state index in [9.17, 15) is 4.79 Å². The molecule has 3 heteroatoms. The first-order chi connectivity index (χ1) is 8.24. The Balaban J connectivity index is 1.93. The average Bonchev–Trinajstić information content (AvgIpc) is 2.74. The number of nitrogens with zero attached hydrogens (tertiary/aromatic N) is 1. The maximum atomic E-state index is 11.8. The normalized spacial score (nSPS) is 19.9. The number of carbonyl (C=O) groups excluding carboxylic acids is 1. The fourth-order valence-corrected chi connectivity index (χ4v) is 2.41. The van der Waals surface area contributed by atoms with Crippen LogP contribution in [0.15, 0.2) is 0 Å². The molecule has 3 nitrogen and oxygen atoms in total. The molecule has 17 heavy (non-hydrogen) atoms. The Morgan fingerprint density at radius 3 is 2.41 bits per heavy atom. The van der Waals surface area contributed by atoms with Crippen molar-refractivity contribution < 1.29 is 4.79 Å². The van der Waals surface area contributed by atoms with Crippen LogP contribution in [0.4, 0.5) is 0 Å². The molecule has 100 valence electrons. The van der Waals surface area contributed by atoms with Crippen LogP contribution in [0.5, 0.6) is 0 Å². The smallest absolute Gasteiger partial charge is 0.222 e. The van der Waals surface area contributed by atoms with Crippen LogP contribution in [0.2, 0.25) is 0 Å². The lowest BCUT2D eigenvalue weighted by atomic mass is 10.1. The second-order valence-corrected chi connectivity index (χ2v) is 5.26. The lowest BCUT2D eigenvalue weighted by molar-refractivity contribution is -0.130. The number of likely N-dealkylation sites (tertiary alicyclic amines) is 1. The number of hydrogen-bond acceptors (Lipinski definition) is 2. The number of carbonyl (C=O) groups is 1. The van der Waals surface area contributed by atoms with Crippen molar-refractivity contribution >= 4 is 5.91 Å². The molecule has 0 aromatic rings. The first-order valence-corrected chi connectivity index (χ1v) is 7.27. The fourth-order valence-electron chi connectivity index (χ4n) is 2.41. The zero-order valence-corrected chi connectivity index (χ0v) is 11.3. The summed E-state index contributed by atoms with van der Waals surface area (Å²) in [4.78, 5) is 13.7. The molecule has 1 amide bonds. The molecule has 0 unspecified atom stereocenters. The van der Waals surface area contributed by atoms with Gasteiger partial charge in [-0.2, -0.15) is 0 Å². The Hall–Kier alpha value is -0.570. The van der Waals surface area contributed by atoms with Crippen LogP contribution in [-0.2, 0) is 4.79 Å². The van der Waals surface area contributed by atoms with Crippen molar-refractivity contribution in [1.82, 2.24) is 4.90 Å². The quantitative estimate of drug-likeness (QED) is 0.663. The van der Waals surface area contributed by atoms with Crippen molar-refractivity contribution in [3.63, 3.8) is 0 Å². The van der Waals surface area contributed by atoms with Crippen LogP contribution in [0, 0.1) is 0 Å². The van der Waals surface area contributed by atoms with E-state index in [1.807, 2.05) is 4.90 Å². The molecule has 0 radical (unpaired) electrons.